The molecule has 0 bridgehead atoms. The Morgan fingerprint density at radius 2 is 0.882 bits per heavy atom. The molecule has 0 radical (unpaired) electrons. The summed E-state index contributed by atoms with van der Waals surface area (Å²) in [6.45, 7) is 5.27. The van der Waals surface area contributed by atoms with Crippen LogP contribution in [0.4, 0.5) is 0 Å². The lowest BCUT2D eigenvalue weighted by Crippen LogP contribution is -1.90. The van der Waals surface area contributed by atoms with Crippen molar-refractivity contribution in [1.82, 2.24) is 19.9 Å². The molecule has 2 heterocycles. The molecule has 0 aliphatic carbocycles. The first-order chi connectivity index (χ1) is 16.7. The van der Waals surface area contributed by atoms with Crippen LogP contribution in [0.5, 0.6) is 11.5 Å². The van der Waals surface area contributed by atoms with Crippen LogP contribution >= 0.6 is 0 Å². The highest BCUT2D eigenvalue weighted by atomic mass is 16.5. The Labute approximate surface area is 198 Å². The molecule has 6 heteroatoms. The van der Waals surface area contributed by atoms with E-state index in [0.29, 0.717) is 13.2 Å². The van der Waals surface area contributed by atoms with E-state index >= 15 is 0 Å². The van der Waals surface area contributed by atoms with Crippen LogP contribution < -0.4 is 9.47 Å². The molecule has 0 saturated carbocycles. The number of H-pyrrole nitrogens is 2. The SMILES string of the molecule is CCOc1ccc(-c2cnc(-c3ccc(-c4ncc(-c5ccc(OCC)cc5)[nH]4)cc3)[nH]2)cc1. The fourth-order valence-electron chi connectivity index (χ4n) is 3.81. The van der Waals surface area contributed by atoms with Gasteiger partial charge in [0, 0.05) is 11.1 Å². The molecule has 0 amide bonds. The van der Waals surface area contributed by atoms with Gasteiger partial charge < -0.3 is 19.4 Å². The van der Waals surface area contributed by atoms with Crippen molar-refractivity contribution in [3.05, 3.63) is 85.2 Å². The standard InChI is InChI=1S/C28H26N4O2/c1-3-33-23-13-9-19(10-14-23)25-17-29-27(31-25)21-5-7-22(8-6-21)28-30-18-26(32-28)20-11-15-24(16-12-20)34-4-2/h5-18H,3-4H2,1-2H3,(H,29,31)(H,30,32). The lowest BCUT2D eigenvalue weighted by atomic mass is 10.1. The second-order valence-corrected chi connectivity index (χ2v) is 7.78. The van der Waals surface area contributed by atoms with Gasteiger partial charge in [-0.05, 0) is 73.5 Å². The number of aromatic nitrogens is 4. The Hall–Kier alpha value is -4.32. The second-order valence-electron chi connectivity index (χ2n) is 7.78. The van der Waals surface area contributed by atoms with E-state index in [-0.39, 0.29) is 0 Å². The molecule has 0 aliphatic heterocycles. The number of nitrogens with one attached hydrogen (secondary N) is 2. The molecule has 2 N–H and O–H groups in total. The zero-order valence-electron chi connectivity index (χ0n) is 19.2. The second kappa shape index (κ2) is 9.67. The van der Waals surface area contributed by atoms with Crippen LogP contribution in [0.2, 0.25) is 0 Å². The smallest absolute Gasteiger partial charge is 0.137 e. The average Bonchev–Trinajstić information content (AvgIpc) is 3.56. The van der Waals surface area contributed by atoms with Crippen molar-refractivity contribution < 1.29 is 9.47 Å². The molecule has 0 aliphatic rings. The predicted molar refractivity (Wildman–Crippen MR) is 135 cm³/mol. The average molecular weight is 451 g/mol. The summed E-state index contributed by atoms with van der Waals surface area (Å²) in [5.41, 5.74) is 6.09. The Morgan fingerprint density at radius 1 is 0.529 bits per heavy atom. The van der Waals surface area contributed by atoms with Crippen molar-refractivity contribution in [3.63, 3.8) is 0 Å². The van der Waals surface area contributed by atoms with Gasteiger partial charge in [-0.2, -0.15) is 0 Å². The van der Waals surface area contributed by atoms with Gasteiger partial charge in [0.05, 0.1) is 37.0 Å². The summed E-state index contributed by atoms with van der Waals surface area (Å²) >= 11 is 0. The largest absolute Gasteiger partial charge is 0.494 e. The summed E-state index contributed by atoms with van der Waals surface area (Å²) in [7, 11) is 0. The van der Waals surface area contributed by atoms with Crippen molar-refractivity contribution >= 4 is 0 Å². The molecule has 34 heavy (non-hydrogen) atoms. The van der Waals surface area contributed by atoms with E-state index in [1.165, 1.54) is 0 Å². The summed E-state index contributed by atoms with van der Waals surface area (Å²) in [5.74, 6) is 3.38. The molecular weight excluding hydrogens is 424 g/mol. The van der Waals surface area contributed by atoms with Crippen LogP contribution in [0.15, 0.2) is 85.2 Å². The van der Waals surface area contributed by atoms with Gasteiger partial charge >= 0.3 is 0 Å². The summed E-state index contributed by atoms with van der Waals surface area (Å²) < 4.78 is 11.0. The molecule has 0 fully saturated rings. The minimum atomic E-state index is 0.657. The van der Waals surface area contributed by atoms with Gasteiger partial charge in [-0.25, -0.2) is 9.97 Å². The number of benzene rings is 3. The third kappa shape index (κ3) is 4.57. The van der Waals surface area contributed by atoms with Gasteiger partial charge in [0.1, 0.15) is 23.1 Å². The van der Waals surface area contributed by atoms with Crippen LogP contribution in [0.1, 0.15) is 13.8 Å². The van der Waals surface area contributed by atoms with Crippen molar-refractivity contribution in [2.45, 2.75) is 13.8 Å². The van der Waals surface area contributed by atoms with Crippen LogP contribution in [0, 0.1) is 0 Å². The molecule has 6 nitrogen and oxygen atoms in total. The first kappa shape index (κ1) is 21.5. The van der Waals surface area contributed by atoms with E-state index < -0.39 is 0 Å². The summed E-state index contributed by atoms with van der Waals surface area (Å²) in [4.78, 5) is 16.0. The van der Waals surface area contributed by atoms with E-state index in [4.69, 9.17) is 9.47 Å². The number of aromatic amines is 2. The topological polar surface area (TPSA) is 75.8 Å². The normalized spacial score (nSPS) is 10.9. The van der Waals surface area contributed by atoms with Crippen molar-refractivity contribution in [2.75, 3.05) is 13.2 Å². The third-order valence-electron chi connectivity index (χ3n) is 5.54. The summed E-state index contributed by atoms with van der Waals surface area (Å²) in [5, 5.41) is 0. The fraction of sp³-hybridized carbons (Fsp3) is 0.143. The van der Waals surface area contributed by atoms with E-state index in [2.05, 4.69) is 44.2 Å². The lowest BCUT2D eigenvalue weighted by Gasteiger charge is -2.04. The number of hydrogen-bond acceptors (Lipinski definition) is 4. The monoisotopic (exact) mass is 450 g/mol. The maximum Gasteiger partial charge on any atom is 0.137 e. The van der Waals surface area contributed by atoms with Crippen LogP contribution in [0.25, 0.3) is 45.3 Å². The lowest BCUT2D eigenvalue weighted by molar-refractivity contribution is 0.340. The van der Waals surface area contributed by atoms with Crippen LogP contribution in [-0.4, -0.2) is 33.1 Å². The van der Waals surface area contributed by atoms with Gasteiger partial charge in [-0.15, -0.1) is 0 Å². The van der Waals surface area contributed by atoms with Gasteiger partial charge in [-0.1, -0.05) is 24.3 Å². The Morgan fingerprint density at radius 3 is 1.24 bits per heavy atom. The molecule has 0 atom stereocenters. The quantitative estimate of drug-likeness (QED) is 0.279. The van der Waals surface area contributed by atoms with Crippen molar-refractivity contribution in [1.29, 1.82) is 0 Å². The molecule has 170 valence electrons. The van der Waals surface area contributed by atoms with Crippen molar-refractivity contribution in [3.8, 4) is 56.8 Å². The van der Waals surface area contributed by atoms with E-state index in [1.54, 1.807) is 0 Å². The first-order valence-corrected chi connectivity index (χ1v) is 11.4. The number of rotatable bonds is 8. The van der Waals surface area contributed by atoms with Gasteiger partial charge in [0.2, 0.25) is 0 Å². The molecule has 3 aromatic carbocycles. The molecule has 5 aromatic rings. The Balaban J connectivity index is 1.31. The maximum absolute atomic E-state index is 5.52. The molecule has 5 rings (SSSR count). The first-order valence-electron chi connectivity index (χ1n) is 11.4. The summed E-state index contributed by atoms with van der Waals surface area (Å²) in [6, 6.07) is 24.2. The van der Waals surface area contributed by atoms with Crippen molar-refractivity contribution in [2.24, 2.45) is 0 Å². The minimum Gasteiger partial charge on any atom is -0.494 e. The van der Waals surface area contributed by atoms with Gasteiger partial charge in [-0.3, -0.25) is 0 Å². The highest BCUT2D eigenvalue weighted by Gasteiger charge is 2.09. The molecule has 0 unspecified atom stereocenters. The molecule has 0 saturated heterocycles. The Bertz CT molecular complexity index is 1240. The highest BCUT2D eigenvalue weighted by Crippen LogP contribution is 2.27. The number of nitrogens with zero attached hydrogens (tertiary/aromatic N) is 2. The zero-order valence-corrected chi connectivity index (χ0v) is 19.2. The molecular formula is C28H26N4O2. The third-order valence-corrected chi connectivity index (χ3v) is 5.54. The highest BCUT2D eigenvalue weighted by molar-refractivity contribution is 5.69. The summed E-state index contributed by atoms with van der Waals surface area (Å²) in [6.07, 6.45) is 3.71. The van der Waals surface area contributed by atoms with Crippen LogP contribution in [0.3, 0.4) is 0 Å². The van der Waals surface area contributed by atoms with Gasteiger partial charge in [0.25, 0.3) is 0 Å². The van der Waals surface area contributed by atoms with E-state index in [9.17, 15) is 0 Å². The molecule has 0 spiro atoms. The van der Waals surface area contributed by atoms with Crippen LogP contribution in [-0.2, 0) is 0 Å². The number of imidazole rings is 2. The van der Waals surface area contributed by atoms with Gasteiger partial charge in [0.15, 0.2) is 0 Å². The Kier molecular flexibility index (Phi) is 6.12. The minimum absolute atomic E-state index is 0.657. The maximum atomic E-state index is 5.52. The zero-order chi connectivity index (χ0) is 23.3. The van der Waals surface area contributed by atoms with E-state index in [1.807, 2.05) is 74.8 Å². The predicted octanol–water partition coefficient (Wildman–Crippen LogP) is 6.60. The fourth-order valence-corrected chi connectivity index (χ4v) is 3.81. The van der Waals surface area contributed by atoms with E-state index in [0.717, 1.165) is 56.8 Å². The molecule has 2 aromatic heterocycles. The number of ether oxygens (including phenoxy) is 2. The number of hydrogen-bond donors (Lipinski definition) is 2.